The molecular formula is C51H32N4O. The Bertz CT molecular complexity index is 3180. The number of para-hydroxylation sites is 3. The predicted octanol–water partition coefficient (Wildman–Crippen LogP) is 13.2. The van der Waals surface area contributed by atoms with Gasteiger partial charge in [-0.3, -0.25) is 0 Å². The van der Waals surface area contributed by atoms with Gasteiger partial charge in [0, 0.05) is 43.8 Å². The smallest absolute Gasteiger partial charge is 0.166 e. The van der Waals surface area contributed by atoms with Gasteiger partial charge in [-0.15, -0.1) is 0 Å². The average molecular weight is 717 g/mol. The lowest BCUT2D eigenvalue weighted by Gasteiger charge is -2.19. The zero-order chi connectivity index (χ0) is 37.0. The van der Waals surface area contributed by atoms with Crippen molar-refractivity contribution in [2.75, 3.05) is 0 Å². The maximum atomic E-state index is 6.38. The molecule has 0 bridgehead atoms. The maximum Gasteiger partial charge on any atom is 0.166 e. The first-order valence-corrected chi connectivity index (χ1v) is 18.8. The van der Waals surface area contributed by atoms with Gasteiger partial charge in [0.15, 0.2) is 17.5 Å². The van der Waals surface area contributed by atoms with Gasteiger partial charge >= 0.3 is 0 Å². The molecule has 0 saturated carbocycles. The van der Waals surface area contributed by atoms with Gasteiger partial charge in [-0.05, 0) is 53.1 Å². The Hall–Kier alpha value is -7.63. The van der Waals surface area contributed by atoms with E-state index in [1.165, 1.54) is 0 Å². The van der Waals surface area contributed by atoms with Crippen molar-refractivity contribution in [2.45, 2.75) is 0 Å². The molecule has 3 aromatic heterocycles. The molecule has 0 radical (unpaired) electrons. The van der Waals surface area contributed by atoms with E-state index in [-0.39, 0.29) is 0 Å². The maximum absolute atomic E-state index is 6.38. The van der Waals surface area contributed by atoms with E-state index in [0.717, 1.165) is 88.4 Å². The van der Waals surface area contributed by atoms with Gasteiger partial charge in [0.25, 0.3) is 0 Å². The lowest BCUT2D eigenvalue weighted by Crippen LogP contribution is -2.05. The largest absolute Gasteiger partial charge is 0.456 e. The van der Waals surface area contributed by atoms with E-state index < -0.39 is 0 Å². The molecule has 0 saturated heterocycles. The van der Waals surface area contributed by atoms with Gasteiger partial charge in [-0.25, -0.2) is 15.0 Å². The fourth-order valence-corrected chi connectivity index (χ4v) is 8.14. The van der Waals surface area contributed by atoms with Gasteiger partial charge < -0.3 is 8.98 Å². The van der Waals surface area contributed by atoms with Gasteiger partial charge in [0.05, 0.1) is 16.7 Å². The minimum absolute atomic E-state index is 0.600. The van der Waals surface area contributed by atoms with E-state index in [9.17, 15) is 0 Å². The Labute approximate surface area is 322 Å². The molecule has 8 aromatic carbocycles. The highest BCUT2D eigenvalue weighted by Crippen LogP contribution is 2.44. The molecule has 0 unspecified atom stereocenters. The molecule has 11 rings (SSSR count). The molecule has 0 amide bonds. The predicted molar refractivity (Wildman–Crippen MR) is 229 cm³/mol. The Balaban J connectivity index is 1.22. The lowest BCUT2D eigenvalue weighted by molar-refractivity contribution is 0.669. The zero-order valence-electron chi connectivity index (χ0n) is 30.2. The van der Waals surface area contributed by atoms with E-state index in [2.05, 4.69) is 126 Å². The summed E-state index contributed by atoms with van der Waals surface area (Å²) in [6, 6.07) is 67.4. The molecule has 262 valence electrons. The quantitative estimate of drug-likeness (QED) is 0.172. The number of nitrogens with zero attached hydrogens (tertiary/aromatic N) is 4. The van der Waals surface area contributed by atoms with Gasteiger partial charge in [0.2, 0.25) is 0 Å². The molecule has 5 nitrogen and oxygen atoms in total. The number of aromatic nitrogens is 4. The molecule has 0 aliphatic carbocycles. The first-order valence-electron chi connectivity index (χ1n) is 18.8. The molecule has 11 aromatic rings. The summed E-state index contributed by atoms with van der Waals surface area (Å²) in [5, 5.41) is 4.56. The minimum atomic E-state index is 0.600. The molecule has 5 heteroatoms. The molecule has 3 heterocycles. The van der Waals surface area contributed by atoms with Crippen LogP contribution in [0.4, 0.5) is 0 Å². The molecule has 0 aliphatic heterocycles. The van der Waals surface area contributed by atoms with Gasteiger partial charge in [-0.2, -0.15) is 0 Å². The third-order valence-electron chi connectivity index (χ3n) is 10.7. The van der Waals surface area contributed by atoms with Crippen molar-refractivity contribution in [1.29, 1.82) is 0 Å². The molecular weight excluding hydrogens is 685 g/mol. The van der Waals surface area contributed by atoms with Crippen molar-refractivity contribution >= 4 is 43.7 Å². The summed E-state index contributed by atoms with van der Waals surface area (Å²) in [5.74, 6) is 1.84. The van der Waals surface area contributed by atoms with Crippen molar-refractivity contribution in [3.63, 3.8) is 0 Å². The number of fused-ring (bicyclic) bond motifs is 6. The Morgan fingerprint density at radius 1 is 0.339 bits per heavy atom. The second kappa shape index (κ2) is 13.0. The first-order chi connectivity index (χ1) is 27.8. The summed E-state index contributed by atoms with van der Waals surface area (Å²) in [7, 11) is 0. The van der Waals surface area contributed by atoms with E-state index in [1.54, 1.807) is 0 Å². The normalized spacial score (nSPS) is 11.6. The highest BCUT2D eigenvalue weighted by Gasteiger charge is 2.24. The Morgan fingerprint density at radius 2 is 0.875 bits per heavy atom. The van der Waals surface area contributed by atoms with Crippen LogP contribution in [-0.2, 0) is 0 Å². The van der Waals surface area contributed by atoms with Gasteiger partial charge in [0.1, 0.15) is 11.2 Å². The second-order valence-electron chi connectivity index (χ2n) is 14.0. The number of benzene rings is 8. The van der Waals surface area contributed by atoms with Crippen LogP contribution < -0.4 is 0 Å². The van der Waals surface area contributed by atoms with E-state index in [1.807, 2.05) is 72.8 Å². The fourth-order valence-electron chi connectivity index (χ4n) is 8.14. The third kappa shape index (κ3) is 5.21. The summed E-state index contributed by atoms with van der Waals surface area (Å²) in [5.41, 5.74) is 12.1. The molecule has 0 atom stereocenters. The van der Waals surface area contributed by atoms with Crippen molar-refractivity contribution < 1.29 is 4.42 Å². The standard InChI is InChI=1S/C51H32N4O/c1-4-16-33(17-5-1)38-25-14-26-42(51-53-49(34-18-6-2-7-19-34)52-50(54-51)35-20-8-3-9-21-35)48(38)55-43-27-12-10-23-41(43)47-37(24-15-28-44(47)55)36-30-31-40-39-22-11-13-29-45(39)56-46(40)32-36/h1-32H. The van der Waals surface area contributed by atoms with E-state index >= 15 is 0 Å². The second-order valence-corrected chi connectivity index (χ2v) is 14.0. The van der Waals surface area contributed by atoms with Crippen molar-refractivity contribution in [3.8, 4) is 62.1 Å². The summed E-state index contributed by atoms with van der Waals surface area (Å²) in [4.78, 5) is 15.5. The van der Waals surface area contributed by atoms with Crippen molar-refractivity contribution in [3.05, 3.63) is 194 Å². The summed E-state index contributed by atoms with van der Waals surface area (Å²) in [6.45, 7) is 0. The van der Waals surface area contributed by atoms with Crippen molar-refractivity contribution in [2.24, 2.45) is 0 Å². The highest BCUT2D eigenvalue weighted by molar-refractivity contribution is 6.17. The average Bonchev–Trinajstić information content (AvgIpc) is 3.82. The first kappa shape index (κ1) is 31.9. The van der Waals surface area contributed by atoms with Crippen LogP contribution in [-0.4, -0.2) is 19.5 Å². The van der Waals surface area contributed by atoms with Crippen LogP contribution in [0.1, 0.15) is 0 Å². The van der Waals surface area contributed by atoms with Crippen LogP contribution in [0.15, 0.2) is 199 Å². The molecule has 0 spiro atoms. The summed E-state index contributed by atoms with van der Waals surface area (Å²) >= 11 is 0. The van der Waals surface area contributed by atoms with Gasteiger partial charge in [-0.1, -0.05) is 158 Å². The molecule has 0 aliphatic rings. The van der Waals surface area contributed by atoms with E-state index in [4.69, 9.17) is 19.4 Å². The third-order valence-corrected chi connectivity index (χ3v) is 10.7. The minimum Gasteiger partial charge on any atom is -0.456 e. The molecule has 0 fully saturated rings. The fraction of sp³-hybridized carbons (Fsp3) is 0. The summed E-state index contributed by atoms with van der Waals surface area (Å²) < 4.78 is 8.78. The number of hydrogen-bond acceptors (Lipinski definition) is 4. The highest BCUT2D eigenvalue weighted by atomic mass is 16.3. The van der Waals surface area contributed by atoms with Crippen molar-refractivity contribution in [1.82, 2.24) is 19.5 Å². The number of rotatable bonds is 6. The topological polar surface area (TPSA) is 56.7 Å². The van der Waals surface area contributed by atoms with Crippen LogP contribution in [0.5, 0.6) is 0 Å². The summed E-state index contributed by atoms with van der Waals surface area (Å²) in [6.07, 6.45) is 0. The van der Waals surface area contributed by atoms with Crippen LogP contribution in [0.3, 0.4) is 0 Å². The monoisotopic (exact) mass is 716 g/mol. The van der Waals surface area contributed by atoms with Crippen LogP contribution in [0, 0.1) is 0 Å². The zero-order valence-corrected chi connectivity index (χ0v) is 30.2. The lowest BCUT2D eigenvalue weighted by atomic mass is 9.98. The van der Waals surface area contributed by atoms with Crippen LogP contribution >= 0.6 is 0 Å². The Kier molecular flexibility index (Phi) is 7.42. The molecule has 56 heavy (non-hydrogen) atoms. The number of hydrogen-bond donors (Lipinski definition) is 0. The molecule has 0 N–H and O–H groups in total. The van der Waals surface area contributed by atoms with E-state index in [0.29, 0.717) is 17.5 Å². The Morgan fingerprint density at radius 3 is 1.61 bits per heavy atom. The van der Waals surface area contributed by atoms with Crippen LogP contribution in [0.25, 0.3) is 106 Å². The number of furan rings is 1. The SMILES string of the molecule is c1ccc(-c2nc(-c3ccccc3)nc(-c3cccc(-c4ccccc4)c3-n3c4ccccc4c4c(-c5ccc6c(c5)oc5ccccc56)cccc43)n2)cc1. The van der Waals surface area contributed by atoms with Crippen LogP contribution in [0.2, 0.25) is 0 Å².